The van der Waals surface area contributed by atoms with E-state index in [9.17, 15) is 14.9 Å². The topological polar surface area (TPSA) is 85.6 Å². The number of aromatic nitrogens is 1. The SMILES string of the molecule is O=C(Oc1ccc2nc(N3CCCCC3)sc2c1)c1cc2cc([N+](=O)[O-])ccc2s1. The Morgan fingerprint density at radius 3 is 2.67 bits per heavy atom. The fourth-order valence-corrected chi connectivity index (χ4v) is 5.54. The number of rotatable bonds is 4. The van der Waals surface area contributed by atoms with E-state index in [1.54, 1.807) is 29.5 Å². The van der Waals surface area contributed by atoms with E-state index in [1.807, 2.05) is 12.1 Å². The van der Waals surface area contributed by atoms with Crippen molar-refractivity contribution in [2.45, 2.75) is 19.3 Å². The van der Waals surface area contributed by atoms with Crippen LogP contribution in [0.25, 0.3) is 20.3 Å². The second-order valence-electron chi connectivity index (χ2n) is 7.15. The molecule has 5 rings (SSSR count). The zero-order valence-electron chi connectivity index (χ0n) is 15.9. The number of thiophene rings is 1. The summed E-state index contributed by atoms with van der Waals surface area (Å²) in [7, 11) is 0. The van der Waals surface area contributed by atoms with Crippen molar-refractivity contribution < 1.29 is 14.5 Å². The van der Waals surface area contributed by atoms with Crippen molar-refractivity contribution in [2.24, 2.45) is 0 Å². The van der Waals surface area contributed by atoms with E-state index in [1.165, 1.54) is 42.7 Å². The molecule has 30 heavy (non-hydrogen) atoms. The van der Waals surface area contributed by atoms with Crippen LogP contribution in [0.3, 0.4) is 0 Å². The largest absolute Gasteiger partial charge is 0.422 e. The molecule has 0 atom stereocenters. The van der Waals surface area contributed by atoms with Gasteiger partial charge in [-0.05, 0) is 43.5 Å². The number of nitrogens with zero attached hydrogens (tertiary/aromatic N) is 3. The number of piperidine rings is 1. The van der Waals surface area contributed by atoms with Gasteiger partial charge in [0.2, 0.25) is 0 Å². The maximum Gasteiger partial charge on any atom is 0.353 e. The summed E-state index contributed by atoms with van der Waals surface area (Å²) in [5, 5.41) is 12.6. The minimum atomic E-state index is -0.473. The Balaban J connectivity index is 1.37. The molecule has 0 radical (unpaired) electrons. The number of nitro benzene ring substituents is 1. The van der Waals surface area contributed by atoms with E-state index in [0.29, 0.717) is 16.0 Å². The molecule has 1 aliphatic heterocycles. The lowest BCUT2D eigenvalue weighted by Gasteiger charge is -2.25. The van der Waals surface area contributed by atoms with Crippen LogP contribution in [0.1, 0.15) is 28.9 Å². The number of anilines is 1. The number of carbonyl (C=O) groups excluding carboxylic acids is 1. The van der Waals surface area contributed by atoms with Gasteiger partial charge in [-0.2, -0.15) is 0 Å². The van der Waals surface area contributed by atoms with E-state index in [4.69, 9.17) is 9.72 Å². The van der Waals surface area contributed by atoms with Crippen LogP contribution >= 0.6 is 22.7 Å². The van der Waals surface area contributed by atoms with Crippen molar-refractivity contribution in [1.82, 2.24) is 4.98 Å². The van der Waals surface area contributed by atoms with Gasteiger partial charge in [0.05, 0.1) is 15.1 Å². The summed E-state index contributed by atoms with van der Waals surface area (Å²) >= 11 is 2.87. The van der Waals surface area contributed by atoms with E-state index in [0.717, 1.165) is 33.1 Å². The summed E-state index contributed by atoms with van der Waals surface area (Å²) in [6, 6.07) is 11.7. The summed E-state index contributed by atoms with van der Waals surface area (Å²) in [4.78, 5) is 30.6. The smallest absolute Gasteiger partial charge is 0.353 e. The summed E-state index contributed by atoms with van der Waals surface area (Å²) in [5.41, 5.74) is 0.898. The third-order valence-electron chi connectivity index (χ3n) is 5.10. The lowest BCUT2D eigenvalue weighted by atomic mass is 10.1. The van der Waals surface area contributed by atoms with E-state index < -0.39 is 10.9 Å². The maximum atomic E-state index is 12.6. The van der Waals surface area contributed by atoms with Crippen LogP contribution in [0.4, 0.5) is 10.8 Å². The molecule has 0 spiro atoms. The summed E-state index contributed by atoms with van der Waals surface area (Å²) in [6.45, 7) is 2.07. The molecule has 1 saturated heterocycles. The first kappa shape index (κ1) is 19.0. The number of hydrogen-bond donors (Lipinski definition) is 0. The van der Waals surface area contributed by atoms with Crippen LogP contribution in [0.15, 0.2) is 42.5 Å². The molecule has 1 aliphatic rings. The maximum absolute atomic E-state index is 12.6. The average Bonchev–Trinajstić information content (AvgIpc) is 3.37. The number of fused-ring (bicyclic) bond motifs is 2. The van der Waals surface area contributed by atoms with Crippen molar-refractivity contribution in [2.75, 3.05) is 18.0 Å². The molecule has 0 aliphatic carbocycles. The number of esters is 1. The molecule has 2 aromatic carbocycles. The van der Waals surface area contributed by atoms with Crippen LogP contribution in [0.2, 0.25) is 0 Å². The number of nitro groups is 1. The van der Waals surface area contributed by atoms with E-state index in [-0.39, 0.29) is 5.69 Å². The van der Waals surface area contributed by atoms with Gasteiger partial charge in [-0.15, -0.1) is 11.3 Å². The fraction of sp³-hybridized carbons (Fsp3) is 0.238. The number of hydrogen-bond acceptors (Lipinski definition) is 8. The van der Waals surface area contributed by atoms with Gasteiger partial charge in [0.25, 0.3) is 5.69 Å². The Hall–Kier alpha value is -3.04. The lowest BCUT2D eigenvalue weighted by molar-refractivity contribution is -0.384. The normalized spacial score (nSPS) is 14.3. The number of ether oxygens (including phenoxy) is 1. The third-order valence-corrected chi connectivity index (χ3v) is 7.27. The predicted molar refractivity (Wildman–Crippen MR) is 119 cm³/mol. The van der Waals surface area contributed by atoms with Gasteiger partial charge in [0, 0.05) is 41.4 Å². The highest BCUT2D eigenvalue weighted by molar-refractivity contribution is 7.22. The molecular formula is C21H17N3O4S2. The molecule has 0 unspecified atom stereocenters. The second-order valence-corrected chi connectivity index (χ2v) is 9.25. The van der Waals surface area contributed by atoms with Crippen molar-refractivity contribution >= 4 is 59.8 Å². The quantitative estimate of drug-likeness (QED) is 0.177. The number of benzene rings is 2. The summed E-state index contributed by atoms with van der Waals surface area (Å²) < 4.78 is 7.36. The van der Waals surface area contributed by atoms with Gasteiger partial charge < -0.3 is 9.64 Å². The van der Waals surface area contributed by atoms with Gasteiger partial charge >= 0.3 is 5.97 Å². The average molecular weight is 440 g/mol. The second kappa shape index (κ2) is 7.66. The van der Waals surface area contributed by atoms with Gasteiger partial charge in [0.1, 0.15) is 10.6 Å². The number of thiazole rings is 1. The summed E-state index contributed by atoms with van der Waals surface area (Å²) in [6.07, 6.45) is 3.65. The Kier molecular flexibility index (Phi) is 4.84. The molecule has 0 N–H and O–H groups in total. The fourth-order valence-electron chi connectivity index (χ4n) is 3.58. The van der Waals surface area contributed by atoms with E-state index in [2.05, 4.69) is 4.90 Å². The molecule has 4 aromatic rings. The van der Waals surface area contributed by atoms with Crippen LogP contribution < -0.4 is 9.64 Å². The first-order valence-electron chi connectivity index (χ1n) is 9.62. The number of carbonyl (C=O) groups is 1. The lowest BCUT2D eigenvalue weighted by Crippen LogP contribution is -2.29. The molecule has 7 nitrogen and oxygen atoms in total. The first-order valence-corrected chi connectivity index (χ1v) is 11.3. The van der Waals surface area contributed by atoms with Crippen molar-refractivity contribution in [3.63, 3.8) is 0 Å². The van der Waals surface area contributed by atoms with Crippen LogP contribution in [-0.4, -0.2) is 29.0 Å². The highest BCUT2D eigenvalue weighted by atomic mass is 32.1. The van der Waals surface area contributed by atoms with Gasteiger partial charge in [-0.1, -0.05) is 11.3 Å². The third kappa shape index (κ3) is 3.61. The molecule has 2 aromatic heterocycles. The highest BCUT2D eigenvalue weighted by Crippen LogP contribution is 2.34. The molecule has 0 saturated carbocycles. The summed E-state index contributed by atoms with van der Waals surface area (Å²) in [5.74, 6) is -0.0104. The minimum Gasteiger partial charge on any atom is -0.422 e. The molecular weight excluding hydrogens is 422 g/mol. The predicted octanol–water partition coefficient (Wildman–Crippen LogP) is 5.63. The Bertz CT molecular complexity index is 1270. The zero-order valence-corrected chi connectivity index (χ0v) is 17.5. The van der Waals surface area contributed by atoms with E-state index >= 15 is 0 Å². The van der Waals surface area contributed by atoms with Gasteiger partial charge in [-0.3, -0.25) is 10.1 Å². The van der Waals surface area contributed by atoms with Crippen molar-refractivity contribution in [3.05, 3.63) is 57.5 Å². The zero-order chi connectivity index (χ0) is 20.7. The molecule has 1 fully saturated rings. The van der Waals surface area contributed by atoms with Crippen LogP contribution in [-0.2, 0) is 0 Å². The van der Waals surface area contributed by atoms with Crippen molar-refractivity contribution in [1.29, 1.82) is 0 Å². The Morgan fingerprint density at radius 2 is 1.87 bits per heavy atom. The molecule has 0 bridgehead atoms. The molecule has 152 valence electrons. The monoisotopic (exact) mass is 439 g/mol. The molecule has 3 heterocycles. The standard InChI is InChI=1S/C21H17N3O4S2/c25-20(19-11-13-10-14(24(26)27)4-7-17(13)29-19)28-15-5-6-16-18(12-15)30-21(22-16)23-8-2-1-3-9-23/h4-7,10-12H,1-3,8-9H2. The van der Waals surface area contributed by atoms with Crippen LogP contribution in [0.5, 0.6) is 5.75 Å². The van der Waals surface area contributed by atoms with Gasteiger partial charge in [-0.25, -0.2) is 9.78 Å². The number of non-ortho nitro benzene ring substituents is 1. The molecule has 9 heteroatoms. The molecule has 0 amide bonds. The Morgan fingerprint density at radius 1 is 1.03 bits per heavy atom. The Labute approximate surface area is 179 Å². The minimum absolute atomic E-state index is 0.000346. The van der Waals surface area contributed by atoms with Crippen molar-refractivity contribution in [3.8, 4) is 5.75 Å². The van der Waals surface area contributed by atoms with Gasteiger partial charge in [0.15, 0.2) is 5.13 Å². The van der Waals surface area contributed by atoms with Crippen LogP contribution in [0, 0.1) is 10.1 Å². The highest BCUT2D eigenvalue weighted by Gasteiger charge is 2.18. The first-order chi connectivity index (χ1) is 14.6.